The summed E-state index contributed by atoms with van der Waals surface area (Å²) in [7, 11) is -4.24. The zero-order chi connectivity index (χ0) is 29.9. The van der Waals surface area contributed by atoms with Crippen molar-refractivity contribution in [3.8, 4) is 0 Å². The Bertz CT molecular complexity index is 1500. The Balaban J connectivity index is 1.39. The van der Waals surface area contributed by atoms with Gasteiger partial charge in [0.2, 0.25) is 11.1 Å². The number of carboxylic acids is 2. The number of aromatic nitrogens is 4. The van der Waals surface area contributed by atoms with Crippen LogP contribution in [0.4, 0.5) is 5.69 Å². The smallest absolute Gasteiger partial charge is 0.352 e. The molecule has 4 rings (SSSR count). The van der Waals surface area contributed by atoms with Crippen molar-refractivity contribution in [1.29, 1.82) is 0 Å². The first-order chi connectivity index (χ1) is 19.4. The van der Waals surface area contributed by atoms with E-state index in [0.29, 0.717) is 16.8 Å². The van der Waals surface area contributed by atoms with E-state index in [1.165, 1.54) is 11.8 Å². The Kier molecular flexibility index (Phi) is 9.17. The zero-order valence-electron chi connectivity index (χ0n) is 20.9. The van der Waals surface area contributed by atoms with E-state index >= 15 is 0 Å². The van der Waals surface area contributed by atoms with Crippen LogP contribution in [-0.2, 0) is 35.8 Å². The molecule has 0 spiro atoms. The van der Waals surface area contributed by atoms with Gasteiger partial charge in [-0.2, -0.15) is 8.42 Å². The first kappa shape index (κ1) is 30.2. The molecule has 0 bridgehead atoms. The van der Waals surface area contributed by atoms with Crippen LogP contribution in [0.1, 0.15) is 11.6 Å². The highest BCUT2D eigenvalue weighted by molar-refractivity contribution is 8.01. The number of hydrogen-bond acceptors (Lipinski definition) is 13. The van der Waals surface area contributed by atoms with Crippen molar-refractivity contribution >= 4 is 63.1 Å². The average Bonchev–Trinajstić information content (AvgIpc) is 3.38. The van der Waals surface area contributed by atoms with Gasteiger partial charge in [-0.3, -0.25) is 23.8 Å². The Labute approximate surface area is 240 Å². The number of aliphatic carboxylic acids is 2. The SMILES string of the molecule is N[C@@H](C(=O)NC1C(=O)N2C(C(=O)O)=C(CSc3nnnn3CCS(=O)(=O)O)CS[C@H]12)c1ccc(NCC(=O)O)cc1. The summed E-state index contributed by atoms with van der Waals surface area (Å²) >= 11 is 2.29. The van der Waals surface area contributed by atoms with Crippen molar-refractivity contribution in [3.05, 3.63) is 41.1 Å². The highest BCUT2D eigenvalue weighted by Crippen LogP contribution is 2.41. The molecule has 2 aromatic rings. The summed E-state index contributed by atoms with van der Waals surface area (Å²) in [5.41, 5.74) is 7.19. The van der Waals surface area contributed by atoms with E-state index in [9.17, 15) is 32.7 Å². The predicted octanol–water partition coefficient (Wildman–Crippen LogP) is -1.41. The molecule has 1 aromatic heterocycles. The number of benzene rings is 1. The summed E-state index contributed by atoms with van der Waals surface area (Å²) < 4.78 is 32.1. The van der Waals surface area contributed by atoms with Crippen molar-refractivity contribution in [2.24, 2.45) is 5.73 Å². The number of nitrogens with one attached hydrogen (secondary N) is 2. The average molecular weight is 629 g/mol. The molecule has 1 saturated heterocycles. The minimum absolute atomic E-state index is 0.0800. The fourth-order valence-corrected chi connectivity index (χ4v) is 6.76. The fraction of sp³-hybridized carbons (Fsp3) is 0.381. The number of carbonyl (C=O) groups excluding carboxylic acids is 2. The van der Waals surface area contributed by atoms with Gasteiger partial charge >= 0.3 is 11.9 Å². The largest absolute Gasteiger partial charge is 0.480 e. The lowest BCUT2D eigenvalue weighted by molar-refractivity contribution is -0.150. The minimum atomic E-state index is -4.24. The molecule has 2 amide bonds. The van der Waals surface area contributed by atoms with Crippen LogP contribution < -0.4 is 16.4 Å². The van der Waals surface area contributed by atoms with Crippen LogP contribution in [0.25, 0.3) is 0 Å². The molecule has 0 aliphatic carbocycles. The third-order valence-electron chi connectivity index (χ3n) is 5.98. The number of β-lactam (4-membered cyclic amide) rings is 1. The van der Waals surface area contributed by atoms with E-state index in [1.54, 1.807) is 24.3 Å². The third kappa shape index (κ3) is 7.14. The first-order valence-corrected chi connectivity index (χ1v) is 15.4. The summed E-state index contributed by atoms with van der Waals surface area (Å²) in [5, 5.41) is 34.3. The number of amides is 2. The van der Waals surface area contributed by atoms with Crippen LogP contribution in [0.5, 0.6) is 0 Å². The number of aryl methyl sites for hydroxylation is 1. The molecule has 220 valence electrons. The van der Waals surface area contributed by atoms with Crippen LogP contribution in [0.2, 0.25) is 0 Å². The molecular weight excluding hydrogens is 604 g/mol. The maximum atomic E-state index is 13.0. The summed E-state index contributed by atoms with van der Waals surface area (Å²) in [6.07, 6.45) is 0. The van der Waals surface area contributed by atoms with Crippen LogP contribution >= 0.6 is 23.5 Å². The highest BCUT2D eigenvalue weighted by atomic mass is 32.2. The van der Waals surface area contributed by atoms with Gasteiger partial charge in [0.1, 0.15) is 29.7 Å². The van der Waals surface area contributed by atoms with Crippen LogP contribution in [0, 0.1) is 0 Å². The van der Waals surface area contributed by atoms with Gasteiger partial charge in [0, 0.05) is 17.2 Å². The predicted molar refractivity (Wildman–Crippen MR) is 144 cm³/mol. The van der Waals surface area contributed by atoms with Crippen molar-refractivity contribution in [2.45, 2.75) is 29.2 Å². The maximum Gasteiger partial charge on any atom is 0.352 e. The van der Waals surface area contributed by atoms with Crippen molar-refractivity contribution in [3.63, 3.8) is 0 Å². The molecule has 3 atom stereocenters. The first-order valence-electron chi connectivity index (χ1n) is 11.7. The number of thioether (sulfide) groups is 2. The molecular formula is C21H24N8O9S3. The monoisotopic (exact) mass is 628 g/mol. The van der Waals surface area contributed by atoms with E-state index in [-0.39, 0.29) is 35.4 Å². The van der Waals surface area contributed by atoms with E-state index in [2.05, 4.69) is 26.2 Å². The number of rotatable bonds is 13. The number of hydrogen-bond donors (Lipinski definition) is 6. The van der Waals surface area contributed by atoms with E-state index in [0.717, 1.165) is 21.3 Å². The van der Waals surface area contributed by atoms with Crippen LogP contribution in [0.3, 0.4) is 0 Å². The minimum Gasteiger partial charge on any atom is -0.480 e. The molecule has 0 saturated carbocycles. The molecule has 1 aromatic carbocycles. The van der Waals surface area contributed by atoms with Gasteiger partial charge in [-0.1, -0.05) is 23.9 Å². The quantitative estimate of drug-likeness (QED) is 0.0845. The Hall–Kier alpha value is -3.72. The van der Waals surface area contributed by atoms with E-state index in [4.69, 9.17) is 15.4 Å². The number of nitrogens with two attached hydrogens (primary N) is 1. The molecule has 7 N–H and O–H groups in total. The summed E-state index contributed by atoms with van der Waals surface area (Å²) in [6.45, 7) is -0.496. The maximum absolute atomic E-state index is 13.0. The number of fused-ring (bicyclic) bond motifs is 1. The second-order valence-corrected chi connectivity index (χ2v) is 12.4. The van der Waals surface area contributed by atoms with Gasteiger partial charge in [0.15, 0.2) is 0 Å². The second-order valence-electron chi connectivity index (χ2n) is 8.76. The summed E-state index contributed by atoms with van der Waals surface area (Å²) in [4.78, 5) is 49.7. The molecule has 20 heteroatoms. The number of tetrazole rings is 1. The molecule has 1 fully saturated rings. The summed E-state index contributed by atoms with van der Waals surface area (Å²) in [5.74, 6) is -3.94. The Morgan fingerprint density at radius 1 is 1.22 bits per heavy atom. The topological polar surface area (TPSA) is 260 Å². The summed E-state index contributed by atoms with van der Waals surface area (Å²) in [6, 6.07) is 4.10. The van der Waals surface area contributed by atoms with Gasteiger partial charge in [0.25, 0.3) is 16.0 Å². The van der Waals surface area contributed by atoms with Gasteiger partial charge in [0.05, 0.1) is 12.3 Å². The van der Waals surface area contributed by atoms with E-state index < -0.39 is 57.1 Å². The van der Waals surface area contributed by atoms with Gasteiger partial charge in [-0.15, -0.1) is 16.9 Å². The lowest BCUT2D eigenvalue weighted by atomic mass is 10.0. The van der Waals surface area contributed by atoms with Gasteiger partial charge < -0.3 is 26.6 Å². The van der Waals surface area contributed by atoms with Crippen molar-refractivity contribution in [1.82, 2.24) is 30.4 Å². The Morgan fingerprint density at radius 2 is 1.93 bits per heavy atom. The zero-order valence-corrected chi connectivity index (χ0v) is 23.4. The Morgan fingerprint density at radius 3 is 2.56 bits per heavy atom. The number of carboxylic acid groups (broad SMARTS) is 2. The second kappa shape index (κ2) is 12.4. The molecule has 3 heterocycles. The van der Waals surface area contributed by atoms with Crippen LogP contribution in [0.15, 0.2) is 40.7 Å². The molecule has 0 radical (unpaired) electrons. The lowest BCUT2D eigenvalue weighted by Gasteiger charge is -2.49. The van der Waals surface area contributed by atoms with Crippen LogP contribution in [-0.4, -0.2) is 107 Å². The van der Waals surface area contributed by atoms with Gasteiger partial charge in [-0.25, -0.2) is 9.48 Å². The molecule has 2 aliphatic heterocycles. The molecule has 17 nitrogen and oxygen atoms in total. The van der Waals surface area contributed by atoms with Crippen molar-refractivity contribution < 1.29 is 42.4 Å². The molecule has 1 unspecified atom stereocenters. The van der Waals surface area contributed by atoms with Crippen molar-refractivity contribution in [2.75, 3.05) is 29.1 Å². The normalized spacial score (nSPS) is 19.3. The third-order valence-corrected chi connectivity index (χ3v) is 9.06. The number of carbonyl (C=O) groups is 4. The lowest BCUT2D eigenvalue weighted by Crippen LogP contribution is -2.71. The molecule has 2 aliphatic rings. The highest BCUT2D eigenvalue weighted by Gasteiger charge is 2.54. The molecule has 41 heavy (non-hydrogen) atoms. The van der Waals surface area contributed by atoms with E-state index in [1.807, 2.05) is 0 Å². The van der Waals surface area contributed by atoms with Gasteiger partial charge in [-0.05, 0) is 33.7 Å². The number of anilines is 1. The standard InChI is InChI=1S/C21H24N8O9S3/c22-14(10-1-3-12(4-2-10)23-7-13(30)31)17(32)24-15-18(33)29-16(20(34)35)11(8-39-19(15)29)9-40-21-25-26-27-28(21)5-6-41(36,37)38/h1-4,14-15,19,23H,5-9,22H2,(H,24,32)(H,30,31)(H,34,35)(H,36,37,38)/t14-,15?,19-/m1/s1. The number of nitrogens with zero attached hydrogens (tertiary/aromatic N) is 5. The fourth-order valence-electron chi connectivity index (χ4n) is 3.97.